The fraction of sp³-hybridized carbons (Fsp3) is 0.389. The monoisotopic (exact) mass is 670 g/mol. The van der Waals surface area contributed by atoms with Crippen molar-refractivity contribution in [3.8, 4) is 11.1 Å². The van der Waals surface area contributed by atoms with E-state index in [1.807, 2.05) is 52.0 Å². The Labute approximate surface area is 283 Å². The van der Waals surface area contributed by atoms with E-state index in [1.165, 1.54) is 12.3 Å². The van der Waals surface area contributed by atoms with E-state index in [-0.39, 0.29) is 35.5 Å². The highest BCUT2D eigenvalue weighted by atomic mass is 16.6. The van der Waals surface area contributed by atoms with E-state index >= 15 is 0 Å². The summed E-state index contributed by atoms with van der Waals surface area (Å²) in [7, 11) is 0. The number of carbonyl (C=O) groups is 4. The zero-order valence-corrected chi connectivity index (χ0v) is 28.0. The van der Waals surface area contributed by atoms with Crippen molar-refractivity contribution in [2.24, 2.45) is 11.8 Å². The van der Waals surface area contributed by atoms with Gasteiger partial charge in [-0.05, 0) is 100 Å². The predicted octanol–water partition coefficient (Wildman–Crippen LogP) is 4.92. The van der Waals surface area contributed by atoms with Gasteiger partial charge in [0.25, 0.3) is 0 Å². The average Bonchev–Trinajstić information content (AvgIpc) is 3.42. The number of hydrogen-bond acceptors (Lipinski definition) is 7. The van der Waals surface area contributed by atoms with Crippen molar-refractivity contribution in [3.63, 3.8) is 0 Å². The molecule has 4 aromatic rings. The van der Waals surface area contributed by atoms with Gasteiger partial charge in [-0.25, -0.2) is 19.4 Å². The summed E-state index contributed by atoms with van der Waals surface area (Å²) in [5, 5.41) is 17.9. The van der Waals surface area contributed by atoms with E-state index in [0.717, 1.165) is 35.1 Å². The van der Waals surface area contributed by atoms with Gasteiger partial charge in [0.2, 0.25) is 11.8 Å². The maximum absolute atomic E-state index is 13.7. The normalized spacial score (nSPS) is 16.8. The maximum Gasteiger partial charge on any atom is 0.407 e. The van der Waals surface area contributed by atoms with Crippen molar-refractivity contribution in [1.82, 2.24) is 25.6 Å². The number of rotatable bonds is 10. The van der Waals surface area contributed by atoms with Crippen molar-refractivity contribution in [2.45, 2.75) is 71.4 Å². The molecule has 0 bridgehead atoms. The van der Waals surface area contributed by atoms with Gasteiger partial charge in [-0.2, -0.15) is 0 Å². The Hall–Kier alpha value is -5.46. The third-order valence-electron chi connectivity index (χ3n) is 8.60. The number of anilines is 1. The number of H-pyrrole nitrogens is 2. The minimum absolute atomic E-state index is 0.0320. The van der Waals surface area contributed by atoms with E-state index in [0.29, 0.717) is 36.1 Å². The Morgan fingerprint density at radius 2 is 1.67 bits per heavy atom. The number of hydrogen-bond donors (Lipinski definition) is 6. The second kappa shape index (κ2) is 14.8. The van der Waals surface area contributed by atoms with E-state index in [9.17, 15) is 29.1 Å². The summed E-state index contributed by atoms with van der Waals surface area (Å²) >= 11 is 0. The van der Waals surface area contributed by atoms with Crippen molar-refractivity contribution < 1.29 is 29.0 Å². The SMILES string of the molecule is Cc1cc(C(=O)O)ncc1-c1ccc(C[C@H](NC(=O)C2CCC(CNC(=O)OC(C)(C)C)CC2)C(=O)Nc2ccc3[nH]c(=O)[nH]c3c2)cc1. The molecule has 3 amide bonds. The molecule has 0 spiro atoms. The van der Waals surface area contributed by atoms with E-state index in [4.69, 9.17) is 4.74 Å². The van der Waals surface area contributed by atoms with Crippen LogP contribution in [0.3, 0.4) is 0 Å². The second-order valence-corrected chi connectivity index (χ2v) is 13.6. The Morgan fingerprint density at radius 3 is 2.33 bits per heavy atom. The van der Waals surface area contributed by atoms with Gasteiger partial charge >= 0.3 is 17.8 Å². The van der Waals surface area contributed by atoms with E-state index in [2.05, 4.69) is 30.9 Å². The molecular weight excluding hydrogens is 628 g/mol. The summed E-state index contributed by atoms with van der Waals surface area (Å²) < 4.78 is 5.32. The second-order valence-electron chi connectivity index (χ2n) is 13.6. The quantitative estimate of drug-likeness (QED) is 0.137. The molecule has 2 aromatic carbocycles. The molecular formula is C36H42N6O7. The lowest BCUT2D eigenvalue weighted by Gasteiger charge is -2.29. The van der Waals surface area contributed by atoms with Gasteiger partial charge in [0.1, 0.15) is 17.3 Å². The highest BCUT2D eigenvalue weighted by Gasteiger charge is 2.30. The van der Waals surface area contributed by atoms with Crippen LogP contribution in [0.4, 0.5) is 10.5 Å². The fourth-order valence-corrected chi connectivity index (χ4v) is 6.04. The largest absolute Gasteiger partial charge is 0.477 e. The Kier molecular flexibility index (Phi) is 10.5. The first-order chi connectivity index (χ1) is 23.2. The van der Waals surface area contributed by atoms with Crippen LogP contribution in [0.15, 0.2) is 59.5 Å². The predicted molar refractivity (Wildman–Crippen MR) is 184 cm³/mol. The zero-order valence-electron chi connectivity index (χ0n) is 28.0. The number of carbonyl (C=O) groups excluding carboxylic acids is 3. The van der Waals surface area contributed by atoms with Crippen LogP contribution in [0, 0.1) is 18.8 Å². The van der Waals surface area contributed by atoms with E-state index in [1.54, 1.807) is 18.2 Å². The van der Waals surface area contributed by atoms with Crippen LogP contribution in [0.25, 0.3) is 22.2 Å². The van der Waals surface area contributed by atoms with Crippen molar-refractivity contribution in [1.29, 1.82) is 0 Å². The lowest BCUT2D eigenvalue weighted by atomic mass is 9.81. The molecule has 258 valence electrons. The van der Waals surface area contributed by atoms with E-state index < -0.39 is 29.6 Å². The molecule has 0 radical (unpaired) electrons. The van der Waals surface area contributed by atoms with Crippen molar-refractivity contribution in [2.75, 3.05) is 11.9 Å². The molecule has 1 aliphatic carbocycles. The molecule has 1 aliphatic rings. The summed E-state index contributed by atoms with van der Waals surface area (Å²) in [6.45, 7) is 7.72. The number of aromatic nitrogens is 3. The van der Waals surface area contributed by atoms with Crippen LogP contribution in [-0.2, 0) is 20.7 Å². The van der Waals surface area contributed by atoms with Crippen LogP contribution in [0.2, 0.25) is 0 Å². The van der Waals surface area contributed by atoms with Crippen LogP contribution in [0.1, 0.15) is 68.1 Å². The summed E-state index contributed by atoms with van der Waals surface area (Å²) in [5.74, 6) is -1.76. The van der Waals surface area contributed by atoms with Gasteiger partial charge < -0.3 is 35.8 Å². The van der Waals surface area contributed by atoms with Gasteiger partial charge in [0.05, 0.1) is 11.0 Å². The van der Waals surface area contributed by atoms with Gasteiger partial charge in [0.15, 0.2) is 0 Å². The first-order valence-electron chi connectivity index (χ1n) is 16.3. The highest BCUT2D eigenvalue weighted by Crippen LogP contribution is 2.29. The molecule has 2 aromatic heterocycles. The van der Waals surface area contributed by atoms with Crippen LogP contribution in [0.5, 0.6) is 0 Å². The number of imidazole rings is 1. The average molecular weight is 671 g/mol. The Bertz CT molecular complexity index is 1900. The smallest absolute Gasteiger partial charge is 0.407 e. The lowest BCUT2D eigenvalue weighted by Crippen LogP contribution is -2.48. The molecule has 13 nitrogen and oxygen atoms in total. The molecule has 1 saturated carbocycles. The molecule has 0 unspecified atom stereocenters. The summed E-state index contributed by atoms with van der Waals surface area (Å²) in [4.78, 5) is 71.7. The first kappa shape index (κ1) is 34.9. The molecule has 6 N–H and O–H groups in total. The molecule has 13 heteroatoms. The number of pyridine rings is 1. The number of aromatic amines is 2. The number of fused-ring (bicyclic) bond motifs is 1. The maximum atomic E-state index is 13.7. The molecule has 49 heavy (non-hydrogen) atoms. The number of aromatic carboxylic acids is 1. The molecule has 0 aliphatic heterocycles. The summed E-state index contributed by atoms with van der Waals surface area (Å²) in [6, 6.07) is 13.1. The summed E-state index contributed by atoms with van der Waals surface area (Å²) in [6.07, 6.45) is 4.04. The number of benzene rings is 2. The van der Waals surface area contributed by atoms with Gasteiger partial charge in [0, 0.05) is 36.3 Å². The topological polar surface area (TPSA) is 195 Å². The van der Waals surface area contributed by atoms with Crippen LogP contribution < -0.4 is 21.6 Å². The van der Waals surface area contributed by atoms with Gasteiger partial charge in [-0.3, -0.25) is 9.59 Å². The van der Waals surface area contributed by atoms with Gasteiger partial charge in [-0.15, -0.1) is 0 Å². The van der Waals surface area contributed by atoms with Crippen molar-refractivity contribution >= 4 is 40.6 Å². The number of carboxylic acid groups (broad SMARTS) is 1. The van der Waals surface area contributed by atoms with Gasteiger partial charge in [-0.1, -0.05) is 24.3 Å². The van der Waals surface area contributed by atoms with Crippen LogP contribution in [-0.4, -0.2) is 62.1 Å². The zero-order chi connectivity index (χ0) is 35.3. The minimum atomic E-state index is -1.10. The number of ether oxygens (including phenoxy) is 1. The Morgan fingerprint density at radius 1 is 0.980 bits per heavy atom. The molecule has 2 heterocycles. The lowest BCUT2D eigenvalue weighted by molar-refractivity contribution is -0.130. The number of carboxylic acids is 1. The number of nitrogens with zero attached hydrogens (tertiary/aromatic N) is 1. The number of alkyl carbamates (subject to hydrolysis) is 1. The third kappa shape index (κ3) is 9.34. The van der Waals surface area contributed by atoms with Crippen molar-refractivity contribution in [3.05, 3.63) is 82.0 Å². The molecule has 1 atom stereocenters. The first-order valence-corrected chi connectivity index (χ1v) is 16.3. The standard InChI is InChI=1S/C36H42N6O7/c1-20-15-30(33(45)46)37-19-26(20)23-9-5-21(6-10-23)16-29(32(44)39-25-13-14-27-28(17-25)42-34(47)41-27)40-31(43)24-11-7-22(8-12-24)18-38-35(48)49-36(2,3)4/h5-6,9-10,13-15,17,19,22,24,29H,7-8,11-12,16,18H2,1-4H3,(H,38,48)(H,39,44)(H,40,43)(H,45,46)(H2,41,42,47)/t22?,24?,29-/m0/s1. The fourth-order valence-electron chi connectivity index (χ4n) is 6.04. The third-order valence-corrected chi connectivity index (χ3v) is 8.60. The minimum Gasteiger partial charge on any atom is -0.477 e. The number of amides is 3. The number of nitrogens with one attached hydrogen (secondary N) is 5. The summed E-state index contributed by atoms with van der Waals surface area (Å²) in [5.41, 5.74) is 3.84. The molecule has 0 saturated heterocycles. The highest BCUT2D eigenvalue weighted by molar-refractivity contribution is 5.98. The Balaban J connectivity index is 1.26. The molecule has 5 rings (SSSR count). The van der Waals surface area contributed by atoms with Crippen LogP contribution >= 0.6 is 0 Å². The number of aryl methyl sites for hydroxylation is 1. The molecule has 1 fully saturated rings.